The lowest BCUT2D eigenvalue weighted by Gasteiger charge is -2.03. The van der Waals surface area contributed by atoms with Gasteiger partial charge in [0.25, 0.3) is 0 Å². The topological polar surface area (TPSA) is 26.3 Å². The third-order valence-electron chi connectivity index (χ3n) is 2.98. The lowest BCUT2D eigenvalue weighted by Crippen LogP contribution is -1.99. The fourth-order valence-electron chi connectivity index (χ4n) is 1.85. The first-order chi connectivity index (χ1) is 8.76. The first kappa shape index (κ1) is 15.1. The van der Waals surface area contributed by atoms with Crippen molar-refractivity contribution in [3.63, 3.8) is 0 Å². The van der Waals surface area contributed by atoms with Crippen molar-refractivity contribution in [3.05, 3.63) is 29.8 Å². The van der Waals surface area contributed by atoms with Crippen LogP contribution in [0.5, 0.6) is 0 Å². The van der Waals surface area contributed by atoms with E-state index in [1.54, 1.807) is 11.8 Å². The second-order valence-corrected chi connectivity index (χ2v) is 5.22. The fraction of sp³-hybridized carbons (Fsp3) is 0.533. The van der Waals surface area contributed by atoms with Crippen molar-refractivity contribution in [2.24, 2.45) is 0 Å². The molecule has 0 radical (unpaired) electrons. The van der Waals surface area contributed by atoms with Crippen LogP contribution in [0.4, 0.5) is 0 Å². The minimum absolute atomic E-state index is 0.0948. The summed E-state index contributed by atoms with van der Waals surface area (Å²) in [5.74, 6) is -0.0948. The number of rotatable bonds is 8. The van der Waals surface area contributed by atoms with Crippen molar-refractivity contribution in [2.45, 2.75) is 43.4 Å². The van der Waals surface area contributed by atoms with Crippen LogP contribution in [0.2, 0.25) is 0 Å². The number of thioether (sulfide) groups is 1. The second kappa shape index (κ2) is 9.03. The van der Waals surface area contributed by atoms with E-state index >= 15 is 0 Å². The van der Waals surface area contributed by atoms with E-state index in [4.69, 9.17) is 0 Å². The smallest absolute Gasteiger partial charge is 0.305 e. The maximum absolute atomic E-state index is 10.9. The number of carbonyl (C=O) groups excluding carboxylic acids is 1. The van der Waals surface area contributed by atoms with Gasteiger partial charge in [-0.3, -0.25) is 4.79 Å². The number of hydrogen-bond acceptors (Lipinski definition) is 3. The van der Waals surface area contributed by atoms with E-state index in [2.05, 4.69) is 35.3 Å². The van der Waals surface area contributed by atoms with Gasteiger partial charge in [-0.05, 0) is 43.2 Å². The molecule has 0 atom stereocenters. The van der Waals surface area contributed by atoms with Crippen LogP contribution >= 0.6 is 11.8 Å². The Kier molecular flexibility index (Phi) is 7.58. The molecular weight excluding hydrogens is 244 g/mol. The van der Waals surface area contributed by atoms with Crippen molar-refractivity contribution < 1.29 is 9.53 Å². The highest BCUT2D eigenvalue weighted by Gasteiger charge is 1.99. The first-order valence-electron chi connectivity index (χ1n) is 6.46. The molecule has 1 rings (SSSR count). The van der Waals surface area contributed by atoms with Gasteiger partial charge in [-0.25, -0.2) is 0 Å². The van der Waals surface area contributed by atoms with E-state index < -0.39 is 0 Å². The summed E-state index contributed by atoms with van der Waals surface area (Å²) < 4.78 is 4.61. The molecule has 0 spiro atoms. The molecule has 0 aliphatic heterocycles. The van der Waals surface area contributed by atoms with Gasteiger partial charge in [-0.2, -0.15) is 0 Å². The third kappa shape index (κ3) is 6.10. The summed E-state index contributed by atoms with van der Waals surface area (Å²) in [6.07, 6.45) is 8.21. The minimum Gasteiger partial charge on any atom is -0.469 e. The van der Waals surface area contributed by atoms with E-state index in [0.717, 1.165) is 19.3 Å². The standard InChI is InChI=1S/C15H22O2S/c1-17-15(16)8-6-4-3-5-7-13-9-11-14(18-2)12-10-13/h9-12H,3-8H2,1-2H3. The van der Waals surface area contributed by atoms with Gasteiger partial charge in [-0.1, -0.05) is 25.0 Å². The van der Waals surface area contributed by atoms with Crippen LogP contribution in [0.1, 0.15) is 37.7 Å². The Hall–Kier alpha value is -0.960. The van der Waals surface area contributed by atoms with Crippen LogP contribution in [0, 0.1) is 0 Å². The van der Waals surface area contributed by atoms with Gasteiger partial charge in [-0.15, -0.1) is 11.8 Å². The normalized spacial score (nSPS) is 10.3. The summed E-state index contributed by atoms with van der Waals surface area (Å²) in [4.78, 5) is 12.2. The van der Waals surface area contributed by atoms with Crippen molar-refractivity contribution in [2.75, 3.05) is 13.4 Å². The Morgan fingerprint density at radius 1 is 1.11 bits per heavy atom. The molecule has 1 aromatic carbocycles. The van der Waals surface area contributed by atoms with E-state index in [9.17, 15) is 4.79 Å². The molecule has 1 aromatic rings. The molecule has 0 N–H and O–H groups in total. The molecule has 0 bridgehead atoms. The van der Waals surface area contributed by atoms with Gasteiger partial charge in [0, 0.05) is 11.3 Å². The largest absolute Gasteiger partial charge is 0.469 e. The lowest BCUT2D eigenvalue weighted by atomic mass is 10.1. The summed E-state index contributed by atoms with van der Waals surface area (Å²) in [5.41, 5.74) is 1.40. The maximum atomic E-state index is 10.9. The van der Waals surface area contributed by atoms with Gasteiger partial charge < -0.3 is 4.74 Å². The van der Waals surface area contributed by atoms with Crippen LogP contribution in [0.15, 0.2) is 29.2 Å². The molecule has 0 saturated heterocycles. The zero-order valence-electron chi connectivity index (χ0n) is 11.3. The van der Waals surface area contributed by atoms with Crippen molar-refractivity contribution in [3.8, 4) is 0 Å². The monoisotopic (exact) mass is 266 g/mol. The van der Waals surface area contributed by atoms with Crippen molar-refractivity contribution >= 4 is 17.7 Å². The molecule has 3 heteroatoms. The Morgan fingerprint density at radius 2 is 1.78 bits per heavy atom. The zero-order chi connectivity index (χ0) is 13.2. The molecule has 0 fully saturated rings. The fourth-order valence-corrected chi connectivity index (χ4v) is 2.25. The quantitative estimate of drug-likeness (QED) is 0.403. The number of aryl methyl sites for hydroxylation is 1. The highest BCUT2D eigenvalue weighted by Crippen LogP contribution is 2.16. The Morgan fingerprint density at radius 3 is 2.39 bits per heavy atom. The molecule has 0 heterocycles. The molecule has 0 amide bonds. The summed E-state index contributed by atoms with van der Waals surface area (Å²) in [7, 11) is 1.45. The number of hydrogen-bond donors (Lipinski definition) is 0. The summed E-state index contributed by atoms with van der Waals surface area (Å²) >= 11 is 1.77. The summed E-state index contributed by atoms with van der Waals surface area (Å²) in [6.45, 7) is 0. The Bertz CT molecular complexity index is 346. The number of carbonyl (C=O) groups is 1. The average molecular weight is 266 g/mol. The van der Waals surface area contributed by atoms with Gasteiger partial charge in [0.1, 0.15) is 0 Å². The molecule has 0 saturated carbocycles. The van der Waals surface area contributed by atoms with Crippen molar-refractivity contribution in [1.82, 2.24) is 0 Å². The van der Waals surface area contributed by atoms with E-state index in [0.29, 0.717) is 6.42 Å². The molecule has 0 aliphatic rings. The third-order valence-corrected chi connectivity index (χ3v) is 3.73. The molecule has 100 valence electrons. The van der Waals surface area contributed by atoms with Gasteiger partial charge in [0.2, 0.25) is 0 Å². The number of esters is 1. The first-order valence-corrected chi connectivity index (χ1v) is 7.68. The van der Waals surface area contributed by atoms with E-state index in [1.807, 2.05) is 0 Å². The lowest BCUT2D eigenvalue weighted by molar-refractivity contribution is -0.140. The maximum Gasteiger partial charge on any atom is 0.305 e. The molecule has 2 nitrogen and oxygen atoms in total. The Balaban J connectivity index is 2.08. The van der Waals surface area contributed by atoms with E-state index in [1.165, 1.54) is 30.4 Å². The van der Waals surface area contributed by atoms with Crippen LogP contribution in [-0.2, 0) is 16.0 Å². The molecule has 0 aromatic heterocycles. The molecule has 0 aliphatic carbocycles. The molecular formula is C15H22O2S. The predicted molar refractivity (Wildman–Crippen MR) is 77.0 cm³/mol. The molecule has 0 unspecified atom stereocenters. The van der Waals surface area contributed by atoms with Crippen LogP contribution in [0.3, 0.4) is 0 Å². The van der Waals surface area contributed by atoms with Crippen LogP contribution in [-0.4, -0.2) is 19.3 Å². The highest BCUT2D eigenvalue weighted by molar-refractivity contribution is 7.98. The minimum atomic E-state index is -0.0948. The highest BCUT2D eigenvalue weighted by atomic mass is 32.2. The Labute approximate surface area is 114 Å². The molecule has 18 heavy (non-hydrogen) atoms. The van der Waals surface area contributed by atoms with Gasteiger partial charge in [0.05, 0.1) is 7.11 Å². The number of methoxy groups -OCH3 is 1. The van der Waals surface area contributed by atoms with E-state index in [-0.39, 0.29) is 5.97 Å². The number of unbranched alkanes of at least 4 members (excludes halogenated alkanes) is 3. The average Bonchev–Trinajstić information content (AvgIpc) is 2.43. The van der Waals surface area contributed by atoms with Crippen LogP contribution < -0.4 is 0 Å². The van der Waals surface area contributed by atoms with Crippen LogP contribution in [0.25, 0.3) is 0 Å². The summed E-state index contributed by atoms with van der Waals surface area (Å²) in [6, 6.07) is 8.77. The SMILES string of the molecule is COC(=O)CCCCCCc1ccc(SC)cc1. The predicted octanol–water partition coefficient (Wildman–Crippen LogP) is 4.07. The number of ether oxygens (including phenoxy) is 1. The number of benzene rings is 1. The summed E-state index contributed by atoms with van der Waals surface area (Å²) in [5, 5.41) is 0. The van der Waals surface area contributed by atoms with Crippen molar-refractivity contribution in [1.29, 1.82) is 0 Å². The second-order valence-electron chi connectivity index (χ2n) is 4.34. The van der Waals surface area contributed by atoms with Gasteiger partial charge >= 0.3 is 5.97 Å². The van der Waals surface area contributed by atoms with Gasteiger partial charge in [0.15, 0.2) is 0 Å². The zero-order valence-corrected chi connectivity index (χ0v) is 12.1.